The van der Waals surface area contributed by atoms with E-state index in [9.17, 15) is 4.79 Å². The van der Waals surface area contributed by atoms with Gasteiger partial charge >= 0.3 is 0 Å². The smallest absolute Gasteiger partial charge is 0.277 e. The zero-order valence-electron chi connectivity index (χ0n) is 14.4. The standard InChI is InChI=1S/C17H14ClN5O2S2/c1-9(2)15-22-23-13(24)7-12(19-16(23)27-15)8-26-17-21-20-14(25-17)10-3-5-11(18)6-4-10/h3-7,9H,8H2,1-2H3. The topological polar surface area (TPSA) is 86.2 Å². The van der Waals surface area contributed by atoms with Crippen molar-refractivity contribution < 1.29 is 4.42 Å². The Balaban J connectivity index is 1.52. The Hall–Kier alpha value is -2.23. The molecule has 0 aliphatic heterocycles. The summed E-state index contributed by atoms with van der Waals surface area (Å²) in [7, 11) is 0. The van der Waals surface area contributed by atoms with Crippen LogP contribution in [0.3, 0.4) is 0 Å². The molecular weight excluding hydrogens is 406 g/mol. The van der Waals surface area contributed by atoms with Crippen LogP contribution in [0.2, 0.25) is 5.02 Å². The summed E-state index contributed by atoms with van der Waals surface area (Å²) < 4.78 is 7.01. The highest BCUT2D eigenvalue weighted by Crippen LogP contribution is 2.26. The van der Waals surface area contributed by atoms with Gasteiger partial charge in [0.1, 0.15) is 5.01 Å². The molecule has 1 aromatic carbocycles. The van der Waals surface area contributed by atoms with Gasteiger partial charge in [-0.05, 0) is 24.3 Å². The molecule has 3 heterocycles. The summed E-state index contributed by atoms with van der Waals surface area (Å²) in [6.07, 6.45) is 0. The van der Waals surface area contributed by atoms with Gasteiger partial charge in [-0.25, -0.2) is 4.98 Å². The largest absolute Gasteiger partial charge is 0.411 e. The molecule has 0 radical (unpaired) electrons. The Morgan fingerprint density at radius 3 is 2.78 bits per heavy atom. The van der Waals surface area contributed by atoms with Gasteiger partial charge in [-0.3, -0.25) is 4.79 Å². The van der Waals surface area contributed by atoms with E-state index >= 15 is 0 Å². The Labute approximate surface area is 167 Å². The van der Waals surface area contributed by atoms with E-state index in [-0.39, 0.29) is 11.5 Å². The highest BCUT2D eigenvalue weighted by atomic mass is 35.5. The number of halogens is 1. The van der Waals surface area contributed by atoms with Gasteiger partial charge in [-0.1, -0.05) is 48.5 Å². The molecule has 4 rings (SSSR count). The van der Waals surface area contributed by atoms with Gasteiger partial charge in [-0.15, -0.1) is 10.2 Å². The first-order chi connectivity index (χ1) is 13.0. The predicted octanol–water partition coefficient (Wildman–Crippen LogP) is 4.27. The van der Waals surface area contributed by atoms with E-state index in [1.54, 1.807) is 12.1 Å². The molecule has 0 spiro atoms. The van der Waals surface area contributed by atoms with Crippen LogP contribution in [0.4, 0.5) is 0 Å². The lowest BCUT2D eigenvalue weighted by Gasteiger charge is -1.97. The quantitative estimate of drug-likeness (QED) is 0.446. The Morgan fingerprint density at radius 1 is 1.26 bits per heavy atom. The van der Waals surface area contributed by atoms with Crippen LogP contribution in [0.5, 0.6) is 0 Å². The second-order valence-electron chi connectivity index (χ2n) is 6.04. The van der Waals surface area contributed by atoms with Crippen LogP contribution >= 0.6 is 34.7 Å². The first-order valence-electron chi connectivity index (χ1n) is 8.11. The molecule has 0 atom stereocenters. The molecule has 0 fully saturated rings. The second-order valence-corrected chi connectivity index (χ2v) is 8.39. The number of hydrogen-bond acceptors (Lipinski definition) is 8. The molecule has 0 saturated carbocycles. The monoisotopic (exact) mass is 419 g/mol. The summed E-state index contributed by atoms with van der Waals surface area (Å²) in [5.74, 6) is 1.11. The Kier molecular flexibility index (Phi) is 4.98. The van der Waals surface area contributed by atoms with E-state index in [1.165, 1.54) is 33.7 Å². The highest BCUT2D eigenvalue weighted by molar-refractivity contribution is 7.98. The Morgan fingerprint density at radius 2 is 2.04 bits per heavy atom. The maximum atomic E-state index is 12.3. The third kappa shape index (κ3) is 3.90. The number of thioether (sulfide) groups is 1. The van der Waals surface area contributed by atoms with Crippen molar-refractivity contribution in [2.24, 2.45) is 0 Å². The fourth-order valence-electron chi connectivity index (χ4n) is 2.29. The average molecular weight is 420 g/mol. The minimum Gasteiger partial charge on any atom is -0.411 e. The van der Waals surface area contributed by atoms with Crippen molar-refractivity contribution in [3.8, 4) is 11.5 Å². The van der Waals surface area contributed by atoms with Gasteiger partial charge in [-0.2, -0.15) is 9.61 Å². The van der Waals surface area contributed by atoms with Crippen LogP contribution in [-0.2, 0) is 5.75 Å². The van der Waals surface area contributed by atoms with Gasteiger partial charge in [0.05, 0.1) is 5.69 Å². The van der Waals surface area contributed by atoms with E-state index < -0.39 is 0 Å². The van der Waals surface area contributed by atoms with Crippen molar-refractivity contribution in [1.29, 1.82) is 0 Å². The van der Waals surface area contributed by atoms with E-state index in [1.807, 2.05) is 26.0 Å². The molecule has 138 valence electrons. The molecule has 7 nitrogen and oxygen atoms in total. The highest BCUT2D eigenvalue weighted by Gasteiger charge is 2.13. The van der Waals surface area contributed by atoms with E-state index in [0.717, 1.165) is 10.6 Å². The van der Waals surface area contributed by atoms with Crippen LogP contribution in [0, 0.1) is 0 Å². The van der Waals surface area contributed by atoms with Gasteiger partial charge in [0, 0.05) is 28.3 Å². The third-order valence-electron chi connectivity index (χ3n) is 3.65. The molecule has 10 heteroatoms. The number of rotatable bonds is 5. The molecular formula is C17H14ClN5O2S2. The Bertz CT molecular complexity index is 1150. The van der Waals surface area contributed by atoms with Crippen molar-refractivity contribution in [2.45, 2.75) is 30.7 Å². The minimum absolute atomic E-state index is 0.189. The fourth-order valence-corrected chi connectivity index (χ4v) is 4.00. The summed E-state index contributed by atoms with van der Waals surface area (Å²) in [4.78, 5) is 17.4. The van der Waals surface area contributed by atoms with Gasteiger partial charge in [0.2, 0.25) is 10.9 Å². The average Bonchev–Trinajstić information content (AvgIpc) is 3.28. The number of nitrogens with zero attached hydrogens (tertiary/aromatic N) is 5. The predicted molar refractivity (Wildman–Crippen MR) is 106 cm³/mol. The van der Waals surface area contributed by atoms with Crippen LogP contribution in [0.25, 0.3) is 16.4 Å². The molecule has 0 unspecified atom stereocenters. The first kappa shape index (κ1) is 18.1. The SMILES string of the molecule is CC(C)c1nn2c(=O)cc(CSc3nnc(-c4ccc(Cl)cc4)o3)nc2s1. The van der Waals surface area contributed by atoms with Gasteiger partial charge < -0.3 is 4.42 Å². The number of hydrogen-bond donors (Lipinski definition) is 0. The molecule has 3 aromatic heterocycles. The first-order valence-corrected chi connectivity index (χ1v) is 10.3. The van der Waals surface area contributed by atoms with Crippen LogP contribution in [-0.4, -0.2) is 24.8 Å². The lowest BCUT2D eigenvalue weighted by molar-refractivity contribution is 0.466. The lowest BCUT2D eigenvalue weighted by atomic mass is 10.2. The zero-order valence-corrected chi connectivity index (χ0v) is 16.8. The van der Waals surface area contributed by atoms with E-state index in [0.29, 0.717) is 32.5 Å². The number of benzene rings is 1. The van der Waals surface area contributed by atoms with Crippen LogP contribution < -0.4 is 5.56 Å². The molecule has 0 aliphatic rings. The van der Waals surface area contributed by atoms with Gasteiger partial charge in [0.25, 0.3) is 10.8 Å². The lowest BCUT2D eigenvalue weighted by Crippen LogP contribution is -2.15. The molecule has 4 aromatic rings. The minimum atomic E-state index is -0.189. The summed E-state index contributed by atoms with van der Waals surface area (Å²) in [6.45, 7) is 4.07. The molecule has 0 N–H and O–H groups in total. The number of aromatic nitrogens is 5. The summed E-state index contributed by atoms with van der Waals surface area (Å²) in [6, 6.07) is 8.65. The molecule has 0 bridgehead atoms. The van der Waals surface area contributed by atoms with Crippen LogP contribution in [0.15, 0.2) is 44.8 Å². The normalized spacial score (nSPS) is 11.6. The molecule has 0 amide bonds. The molecule has 0 aliphatic carbocycles. The van der Waals surface area contributed by atoms with Crippen molar-refractivity contribution in [1.82, 2.24) is 24.8 Å². The maximum Gasteiger partial charge on any atom is 0.277 e. The zero-order chi connectivity index (χ0) is 19.0. The fraction of sp³-hybridized carbons (Fsp3) is 0.235. The van der Waals surface area contributed by atoms with E-state index in [2.05, 4.69) is 20.3 Å². The maximum absolute atomic E-state index is 12.3. The molecule has 0 saturated heterocycles. The van der Waals surface area contributed by atoms with Crippen molar-refractivity contribution in [3.05, 3.63) is 56.4 Å². The van der Waals surface area contributed by atoms with Crippen molar-refractivity contribution in [2.75, 3.05) is 0 Å². The van der Waals surface area contributed by atoms with Crippen LogP contribution in [0.1, 0.15) is 30.5 Å². The number of fused-ring (bicyclic) bond motifs is 1. The van der Waals surface area contributed by atoms with Crippen molar-refractivity contribution in [3.63, 3.8) is 0 Å². The summed E-state index contributed by atoms with van der Waals surface area (Å²) in [5.41, 5.74) is 1.25. The third-order valence-corrected chi connectivity index (χ3v) is 5.96. The summed E-state index contributed by atoms with van der Waals surface area (Å²) >= 11 is 8.64. The summed E-state index contributed by atoms with van der Waals surface area (Å²) in [5, 5.41) is 14.3. The van der Waals surface area contributed by atoms with Gasteiger partial charge in [0.15, 0.2) is 0 Å². The second kappa shape index (κ2) is 7.41. The van der Waals surface area contributed by atoms with E-state index in [4.69, 9.17) is 16.0 Å². The van der Waals surface area contributed by atoms with Crippen molar-refractivity contribution >= 4 is 39.7 Å². The molecule has 27 heavy (non-hydrogen) atoms.